The lowest BCUT2D eigenvalue weighted by Gasteiger charge is -2.34. The van der Waals surface area contributed by atoms with Gasteiger partial charge in [-0.05, 0) is 24.0 Å². The normalized spacial score (nSPS) is 24.6. The minimum Gasteiger partial charge on any atom is -0.483 e. The summed E-state index contributed by atoms with van der Waals surface area (Å²) in [5.74, 6) is 0.0872. The molecule has 0 saturated carbocycles. The maximum Gasteiger partial charge on any atom is 0.290 e. The smallest absolute Gasteiger partial charge is 0.290 e. The van der Waals surface area contributed by atoms with Crippen LogP contribution in [0.2, 0.25) is 0 Å². The standard InChI is InChI=1S/C18H23N3O3.CH2O2/c22-16-11-24-18(12-19-16)6-8-21(13-18)17(23)10-20-7-5-14-3-1-2-4-15(14)9-20;2-1-3/h1-4H,5-13H2,(H,19,22);1H,(H,2,3). The zero-order valence-electron chi connectivity index (χ0n) is 15.2. The first-order valence-corrected chi connectivity index (χ1v) is 9.11. The Labute approximate surface area is 158 Å². The van der Waals surface area contributed by atoms with Crippen LogP contribution < -0.4 is 5.32 Å². The quantitative estimate of drug-likeness (QED) is 0.699. The number of carbonyl (C=O) groups is 3. The van der Waals surface area contributed by atoms with Crippen molar-refractivity contribution < 1.29 is 24.2 Å². The molecule has 0 aromatic heterocycles. The van der Waals surface area contributed by atoms with E-state index in [0.29, 0.717) is 26.2 Å². The summed E-state index contributed by atoms with van der Waals surface area (Å²) < 4.78 is 5.74. The average molecular weight is 375 g/mol. The molecule has 3 aliphatic rings. The fraction of sp³-hybridized carbons (Fsp3) is 0.526. The van der Waals surface area contributed by atoms with Crippen LogP contribution in [-0.4, -0.2) is 78.1 Å². The number of morpholine rings is 1. The Bertz CT molecular complexity index is 698. The molecule has 2 fully saturated rings. The highest BCUT2D eigenvalue weighted by molar-refractivity contribution is 5.80. The van der Waals surface area contributed by atoms with Crippen molar-refractivity contribution in [1.29, 1.82) is 0 Å². The molecular formula is C19H25N3O5. The number of nitrogens with one attached hydrogen (secondary N) is 1. The molecule has 8 heteroatoms. The van der Waals surface area contributed by atoms with Gasteiger partial charge in [0.1, 0.15) is 12.2 Å². The predicted molar refractivity (Wildman–Crippen MR) is 97.0 cm³/mol. The summed E-state index contributed by atoms with van der Waals surface area (Å²) in [5.41, 5.74) is 2.35. The van der Waals surface area contributed by atoms with Crippen molar-refractivity contribution in [3.63, 3.8) is 0 Å². The highest BCUT2D eigenvalue weighted by Gasteiger charge is 2.43. The summed E-state index contributed by atoms with van der Waals surface area (Å²) >= 11 is 0. The minimum absolute atomic E-state index is 0.0719. The molecule has 2 amide bonds. The van der Waals surface area contributed by atoms with Crippen molar-refractivity contribution in [3.05, 3.63) is 35.4 Å². The van der Waals surface area contributed by atoms with E-state index in [9.17, 15) is 9.59 Å². The van der Waals surface area contributed by atoms with Crippen LogP contribution in [-0.2, 0) is 32.1 Å². The van der Waals surface area contributed by atoms with E-state index < -0.39 is 0 Å². The molecular weight excluding hydrogens is 350 g/mol. The van der Waals surface area contributed by atoms with Crippen molar-refractivity contribution in [1.82, 2.24) is 15.1 Å². The molecule has 0 aliphatic carbocycles. The van der Waals surface area contributed by atoms with Gasteiger partial charge in [-0.3, -0.25) is 19.3 Å². The lowest BCUT2D eigenvalue weighted by Crippen LogP contribution is -2.54. The third kappa shape index (κ3) is 4.64. The lowest BCUT2D eigenvalue weighted by molar-refractivity contribution is -0.143. The van der Waals surface area contributed by atoms with Crippen molar-refractivity contribution in [2.24, 2.45) is 0 Å². The summed E-state index contributed by atoms with van der Waals surface area (Å²) in [7, 11) is 0. The Morgan fingerprint density at radius 1 is 1.30 bits per heavy atom. The number of hydrogen-bond acceptors (Lipinski definition) is 5. The first-order chi connectivity index (χ1) is 13.0. The summed E-state index contributed by atoms with van der Waals surface area (Å²) in [5, 5.41) is 9.74. The van der Waals surface area contributed by atoms with Gasteiger partial charge in [-0.25, -0.2) is 0 Å². The van der Waals surface area contributed by atoms with E-state index in [2.05, 4.69) is 34.5 Å². The molecule has 3 aliphatic heterocycles. The fourth-order valence-electron chi connectivity index (χ4n) is 3.88. The van der Waals surface area contributed by atoms with Crippen LogP contribution in [0.3, 0.4) is 0 Å². The third-order valence-corrected chi connectivity index (χ3v) is 5.35. The Morgan fingerprint density at radius 2 is 2.04 bits per heavy atom. The van der Waals surface area contributed by atoms with Crippen LogP contribution in [0.5, 0.6) is 0 Å². The summed E-state index contributed by atoms with van der Waals surface area (Å²) in [6.45, 7) is 3.87. The zero-order chi connectivity index (χ0) is 19.3. The maximum atomic E-state index is 12.7. The molecule has 3 heterocycles. The molecule has 2 saturated heterocycles. The number of fused-ring (bicyclic) bond motifs is 1. The molecule has 27 heavy (non-hydrogen) atoms. The molecule has 2 N–H and O–H groups in total. The number of ether oxygens (including phenoxy) is 1. The molecule has 0 radical (unpaired) electrons. The first kappa shape index (κ1) is 19.3. The number of amides is 2. The van der Waals surface area contributed by atoms with Gasteiger partial charge in [0.15, 0.2) is 0 Å². The van der Waals surface area contributed by atoms with Crippen LogP contribution in [0.15, 0.2) is 24.3 Å². The molecule has 0 bridgehead atoms. The first-order valence-electron chi connectivity index (χ1n) is 9.11. The van der Waals surface area contributed by atoms with Gasteiger partial charge in [0.05, 0.1) is 13.1 Å². The van der Waals surface area contributed by atoms with Crippen molar-refractivity contribution in [2.45, 2.75) is 25.0 Å². The monoisotopic (exact) mass is 375 g/mol. The number of likely N-dealkylation sites (tertiary alicyclic amines) is 1. The molecule has 1 aromatic rings. The Hall–Kier alpha value is -2.45. The lowest BCUT2D eigenvalue weighted by atomic mass is 10.00. The number of benzene rings is 1. The SMILES string of the molecule is O=C1COC2(CCN(C(=O)CN3CCc4ccccc4C3)C2)CN1.O=CO. The molecule has 146 valence electrons. The number of rotatable bonds is 2. The van der Waals surface area contributed by atoms with Gasteiger partial charge >= 0.3 is 0 Å². The van der Waals surface area contributed by atoms with E-state index in [-0.39, 0.29) is 30.5 Å². The second-order valence-electron chi connectivity index (χ2n) is 7.15. The van der Waals surface area contributed by atoms with Gasteiger partial charge in [-0.15, -0.1) is 0 Å². The number of carboxylic acid groups (broad SMARTS) is 1. The number of carbonyl (C=O) groups excluding carboxylic acids is 2. The molecule has 1 unspecified atom stereocenters. The fourth-order valence-corrected chi connectivity index (χ4v) is 3.88. The Kier molecular flexibility index (Phi) is 6.08. The van der Waals surface area contributed by atoms with E-state index in [4.69, 9.17) is 14.6 Å². The summed E-state index contributed by atoms with van der Waals surface area (Å²) in [4.78, 5) is 36.4. The van der Waals surface area contributed by atoms with Gasteiger partial charge in [-0.2, -0.15) is 0 Å². The summed E-state index contributed by atoms with van der Waals surface area (Å²) in [6, 6.07) is 8.46. The third-order valence-electron chi connectivity index (χ3n) is 5.35. The van der Waals surface area contributed by atoms with Gasteiger partial charge in [0.25, 0.3) is 6.47 Å². The minimum atomic E-state index is -0.377. The topological polar surface area (TPSA) is 99.2 Å². The molecule has 1 spiro atoms. The maximum absolute atomic E-state index is 12.7. The Morgan fingerprint density at radius 3 is 2.74 bits per heavy atom. The van der Waals surface area contributed by atoms with E-state index >= 15 is 0 Å². The molecule has 8 nitrogen and oxygen atoms in total. The number of nitrogens with zero attached hydrogens (tertiary/aromatic N) is 2. The van der Waals surface area contributed by atoms with Gasteiger partial charge in [0, 0.05) is 26.2 Å². The van der Waals surface area contributed by atoms with Crippen LogP contribution in [0.25, 0.3) is 0 Å². The number of hydrogen-bond donors (Lipinski definition) is 2. The van der Waals surface area contributed by atoms with E-state index in [1.807, 2.05) is 4.90 Å². The van der Waals surface area contributed by atoms with Crippen LogP contribution in [0, 0.1) is 0 Å². The van der Waals surface area contributed by atoms with Gasteiger partial charge in [0.2, 0.25) is 11.8 Å². The van der Waals surface area contributed by atoms with Crippen molar-refractivity contribution >= 4 is 18.3 Å². The highest BCUT2D eigenvalue weighted by atomic mass is 16.5. The van der Waals surface area contributed by atoms with Crippen LogP contribution in [0.1, 0.15) is 17.5 Å². The largest absolute Gasteiger partial charge is 0.483 e. The molecule has 1 aromatic carbocycles. The van der Waals surface area contributed by atoms with E-state index in [0.717, 1.165) is 25.9 Å². The average Bonchev–Trinajstić information content (AvgIpc) is 3.09. The summed E-state index contributed by atoms with van der Waals surface area (Å²) in [6.07, 6.45) is 1.80. The van der Waals surface area contributed by atoms with E-state index in [1.54, 1.807) is 0 Å². The molecule has 1 atom stereocenters. The predicted octanol–water partition coefficient (Wildman–Crippen LogP) is -0.137. The zero-order valence-corrected chi connectivity index (χ0v) is 15.2. The highest BCUT2D eigenvalue weighted by Crippen LogP contribution is 2.27. The van der Waals surface area contributed by atoms with Crippen molar-refractivity contribution in [3.8, 4) is 0 Å². The second-order valence-corrected chi connectivity index (χ2v) is 7.15. The van der Waals surface area contributed by atoms with E-state index in [1.165, 1.54) is 11.1 Å². The second kappa shape index (κ2) is 8.49. The van der Waals surface area contributed by atoms with Crippen LogP contribution >= 0.6 is 0 Å². The van der Waals surface area contributed by atoms with Crippen LogP contribution in [0.4, 0.5) is 0 Å². The molecule has 4 rings (SSSR count). The van der Waals surface area contributed by atoms with Crippen molar-refractivity contribution in [2.75, 3.05) is 39.3 Å². The van der Waals surface area contributed by atoms with Gasteiger partial charge in [-0.1, -0.05) is 24.3 Å². The Balaban J connectivity index is 0.000000659. The van der Waals surface area contributed by atoms with Gasteiger partial charge < -0.3 is 20.1 Å².